The number of likely N-dealkylation sites (tertiary alicyclic amines) is 1. The van der Waals surface area contributed by atoms with Gasteiger partial charge in [0.25, 0.3) is 0 Å². The summed E-state index contributed by atoms with van der Waals surface area (Å²) < 4.78 is 15.5. The average molecular weight is 439 g/mol. The van der Waals surface area contributed by atoms with E-state index in [-0.39, 0.29) is 6.04 Å². The Morgan fingerprint density at radius 3 is 2.19 bits per heavy atom. The summed E-state index contributed by atoms with van der Waals surface area (Å²) in [5.74, 6) is 2.61. The van der Waals surface area contributed by atoms with Crippen molar-refractivity contribution in [1.29, 1.82) is 0 Å². The molecular weight excluding hydrogens is 408 g/mol. The Hall–Kier alpha value is -2.64. The largest absolute Gasteiger partial charge is 0.497 e. The van der Waals surface area contributed by atoms with E-state index in [9.17, 15) is 0 Å². The zero-order chi connectivity index (χ0) is 22.0. The van der Waals surface area contributed by atoms with Crippen molar-refractivity contribution < 1.29 is 9.47 Å². The van der Waals surface area contributed by atoms with Crippen LogP contribution >= 0.6 is 12.2 Å². The first-order valence-electron chi connectivity index (χ1n) is 10.7. The van der Waals surface area contributed by atoms with Crippen molar-refractivity contribution in [3.05, 3.63) is 58.9 Å². The van der Waals surface area contributed by atoms with Crippen LogP contribution < -0.4 is 9.47 Å². The van der Waals surface area contributed by atoms with Gasteiger partial charge in [0.1, 0.15) is 11.5 Å². The van der Waals surface area contributed by atoms with Crippen LogP contribution in [-0.4, -0.2) is 40.0 Å². The molecule has 1 fully saturated rings. The topological polar surface area (TPSA) is 44.4 Å². The maximum atomic E-state index is 5.86. The monoisotopic (exact) mass is 438 g/mol. The van der Waals surface area contributed by atoms with Gasteiger partial charge in [0.15, 0.2) is 10.6 Å². The summed E-state index contributed by atoms with van der Waals surface area (Å²) in [5.41, 5.74) is 2.34. The third kappa shape index (κ3) is 4.38. The Balaban J connectivity index is 1.63. The van der Waals surface area contributed by atoms with Gasteiger partial charge < -0.3 is 9.47 Å². The molecule has 164 valence electrons. The molecule has 4 rings (SSSR count). The quantitative estimate of drug-likeness (QED) is 0.458. The molecular formula is C24H30N4O2S. The highest BCUT2D eigenvalue weighted by Gasteiger charge is 2.27. The predicted octanol–water partition coefficient (Wildman–Crippen LogP) is 5.47. The first kappa shape index (κ1) is 21.6. The lowest BCUT2D eigenvalue weighted by atomic mass is 10.0. The molecule has 7 heteroatoms. The molecule has 6 nitrogen and oxygen atoms in total. The van der Waals surface area contributed by atoms with Gasteiger partial charge in [-0.05, 0) is 80.9 Å². The lowest BCUT2D eigenvalue weighted by molar-refractivity contribution is 0.189. The third-order valence-electron chi connectivity index (χ3n) is 5.91. The van der Waals surface area contributed by atoms with Crippen LogP contribution in [0.25, 0.3) is 11.4 Å². The van der Waals surface area contributed by atoms with Crippen molar-refractivity contribution in [2.45, 2.75) is 45.4 Å². The molecule has 0 amide bonds. The summed E-state index contributed by atoms with van der Waals surface area (Å²) in [4.78, 5) is 2.47. The fourth-order valence-corrected chi connectivity index (χ4v) is 4.68. The Bertz CT molecular complexity index is 1070. The van der Waals surface area contributed by atoms with E-state index < -0.39 is 0 Å². The minimum Gasteiger partial charge on any atom is -0.497 e. The maximum Gasteiger partial charge on any atom is 0.199 e. The molecule has 1 aliphatic rings. The second-order valence-corrected chi connectivity index (χ2v) is 8.55. The summed E-state index contributed by atoms with van der Waals surface area (Å²) >= 11 is 5.86. The first-order valence-corrected chi connectivity index (χ1v) is 11.1. The highest BCUT2D eigenvalue weighted by molar-refractivity contribution is 7.71. The van der Waals surface area contributed by atoms with Crippen molar-refractivity contribution in [3.63, 3.8) is 0 Å². The number of ether oxygens (including phenoxy) is 2. The molecule has 2 aromatic carbocycles. The van der Waals surface area contributed by atoms with Crippen LogP contribution in [0.3, 0.4) is 0 Å². The van der Waals surface area contributed by atoms with E-state index in [1.165, 1.54) is 12.0 Å². The number of aromatic nitrogens is 3. The van der Waals surface area contributed by atoms with Crippen molar-refractivity contribution in [2.75, 3.05) is 20.8 Å². The standard InChI is InChI=1S/C24H30N4O2S/c1-17(2)28-23(19-9-13-21(30-4)14-10-19)25-27(24(28)31)16-26-15-5-6-22(26)18-7-11-20(29-3)12-8-18/h7-14,17,22H,5-6,15-16H2,1-4H3/t22-/m1/s1. The van der Waals surface area contributed by atoms with Gasteiger partial charge in [0.05, 0.1) is 20.9 Å². The predicted molar refractivity (Wildman–Crippen MR) is 125 cm³/mol. The van der Waals surface area contributed by atoms with E-state index in [1.54, 1.807) is 14.2 Å². The maximum absolute atomic E-state index is 5.86. The fourth-order valence-electron chi connectivity index (χ4n) is 4.29. The van der Waals surface area contributed by atoms with Gasteiger partial charge in [0.2, 0.25) is 0 Å². The Morgan fingerprint density at radius 2 is 1.61 bits per heavy atom. The highest BCUT2D eigenvalue weighted by Crippen LogP contribution is 2.33. The third-order valence-corrected chi connectivity index (χ3v) is 6.32. The number of methoxy groups -OCH3 is 2. The summed E-state index contributed by atoms with van der Waals surface area (Å²) in [6.45, 7) is 6.00. The van der Waals surface area contributed by atoms with Gasteiger partial charge in [-0.15, -0.1) is 0 Å². The number of rotatable bonds is 7. The summed E-state index contributed by atoms with van der Waals surface area (Å²) in [7, 11) is 3.37. The van der Waals surface area contributed by atoms with Crippen LogP contribution in [0.15, 0.2) is 48.5 Å². The molecule has 31 heavy (non-hydrogen) atoms. The molecule has 1 saturated heterocycles. The van der Waals surface area contributed by atoms with Crippen LogP contribution in [0, 0.1) is 4.77 Å². The van der Waals surface area contributed by atoms with Gasteiger partial charge in [-0.3, -0.25) is 9.47 Å². The van der Waals surface area contributed by atoms with Gasteiger partial charge in [-0.2, -0.15) is 5.10 Å². The van der Waals surface area contributed by atoms with Crippen LogP contribution in [-0.2, 0) is 6.67 Å². The van der Waals surface area contributed by atoms with Crippen LogP contribution in [0.1, 0.15) is 44.3 Å². The zero-order valence-electron chi connectivity index (χ0n) is 18.6. The minimum absolute atomic E-state index is 0.217. The minimum atomic E-state index is 0.217. The molecule has 0 unspecified atom stereocenters. The lowest BCUT2D eigenvalue weighted by Gasteiger charge is -2.24. The molecule has 0 bridgehead atoms. The van der Waals surface area contributed by atoms with Crippen LogP contribution in [0.2, 0.25) is 0 Å². The van der Waals surface area contributed by atoms with Crippen molar-refractivity contribution in [1.82, 2.24) is 19.2 Å². The van der Waals surface area contributed by atoms with Gasteiger partial charge in [-0.25, -0.2) is 4.68 Å². The van der Waals surface area contributed by atoms with Crippen molar-refractivity contribution in [3.8, 4) is 22.9 Å². The highest BCUT2D eigenvalue weighted by atomic mass is 32.1. The Labute approximate surface area is 189 Å². The number of benzene rings is 2. The molecule has 0 saturated carbocycles. The van der Waals surface area contributed by atoms with Crippen molar-refractivity contribution in [2.24, 2.45) is 0 Å². The van der Waals surface area contributed by atoms with E-state index >= 15 is 0 Å². The Morgan fingerprint density at radius 1 is 1.00 bits per heavy atom. The van der Waals surface area contributed by atoms with Gasteiger partial charge in [-0.1, -0.05) is 12.1 Å². The second kappa shape index (κ2) is 9.24. The van der Waals surface area contributed by atoms with Gasteiger partial charge in [0, 0.05) is 24.2 Å². The van der Waals surface area contributed by atoms with Crippen molar-refractivity contribution >= 4 is 12.2 Å². The zero-order valence-corrected chi connectivity index (χ0v) is 19.4. The first-order chi connectivity index (χ1) is 15.0. The lowest BCUT2D eigenvalue weighted by Crippen LogP contribution is -2.27. The molecule has 0 spiro atoms. The molecule has 1 aliphatic heterocycles. The van der Waals surface area contributed by atoms with Gasteiger partial charge >= 0.3 is 0 Å². The smallest absolute Gasteiger partial charge is 0.199 e. The van der Waals surface area contributed by atoms with E-state index in [4.69, 9.17) is 26.8 Å². The molecule has 1 aromatic heterocycles. The average Bonchev–Trinajstić information content (AvgIpc) is 3.38. The normalized spacial score (nSPS) is 16.7. The molecule has 0 aliphatic carbocycles. The van der Waals surface area contributed by atoms with Crippen LogP contribution in [0.5, 0.6) is 11.5 Å². The molecule has 3 aromatic rings. The summed E-state index contributed by atoms with van der Waals surface area (Å²) in [6.07, 6.45) is 2.30. The second-order valence-electron chi connectivity index (χ2n) is 8.18. The number of nitrogens with zero attached hydrogens (tertiary/aromatic N) is 4. The van der Waals surface area contributed by atoms with E-state index in [0.29, 0.717) is 12.7 Å². The van der Waals surface area contributed by atoms with Crippen LogP contribution in [0.4, 0.5) is 0 Å². The molecule has 0 N–H and O–H groups in total. The Kier molecular flexibility index (Phi) is 6.43. The molecule has 2 heterocycles. The number of hydrogen-bond donors (Lipinski definition) is 0. The van der Waals surface area contributed by atoms with E-state index in [0.717, 1.165) is 40.6 Å². The molecule has 1 atom stereocenters. The van der Waals surface area contributed by atoms with E-state index in [2.05, 4.69) is 35.4 Å². The summed E-state index contributed by atoms with van der Waals surface area (Å²) in [5, 5.41) is 4.95. The molecule has 0 radical (unpaired) electrons. The fraction of sp³-hybridized carbons (Fsp3) is 0.417. The number of hydrogen-bond acceptors (Lipinski definition) is 5. The SMILES string of the molecule is COc1ccc(-c2nn(CN3CCC[C@@H]3c3ccc(OC)cc3)c(=S)n2C(C)C)cc1. The summed E-state index contributed by atoms with van der Waals surface area (Å²) in [6, 6.07) is 17.0. The van der Waals surface area contributed by atoms with E-state index in [1.807, 2.05) is 41.1 Å².